The lowest BCUT2D eigenvalue weighted by Crippen LogP contribution is -2.27. The fourth-order valence-corrected chi connectivity index (χ4v) is 2.14. The smallest absolute Gasteiger partial charge is 0.0494 e. The first-order valence-corrected chi connectivity index (χ1v) is 6.14. The van der Waals surface area contributed by atoms with Crippen molar-refractivity contribution in [2.24, 2.45) is 5.92 Å². The van der Waals surface area contributed by atoms with E-state index >= 15 is 0 Å². The summed E-state index contributed by atoms with van der Waals surface area (Å²) in [5, 5.41) is 3.39. The summed E-state index contributed by atoms with van der Waals surface area (Å²) in [6.07, 6.45) is 6.76. The van der Waals surface area contributed by atoms with Gasteiger partial charge in [-0.05, 0) is 38.6 Å². The van der Waals surface area contributed by atoms with Gasteiger partial charge in [0, 0.05) is 19.3 Å². The highest BCUT2D eigenvalue weighted by Crippen LogP contribution is 2.24. The van der Waals surface area contributed by atoms with Gasteiger partial charge in [0.1, 0.15) is 0 Å². The number of rotatable bonds is 7. The minimum Gasteiger partial charge on any atom is -0.381 e. The van der Waals surface area contributed by atoms with Gasteiger partial charge in [-0.25, -0.2) is 0 Å². The minimum absolute atomic E-state index is 0.601. The molecular weight excluding hydrogens is 174 g/mol. The normalized spacial score (nSPS) is 20.1. The van der Waals surface area contributed by atoms with Gasteiger partial charge in [-0.1, -0.05) is 19.8 Å². The molecule has 1 rings (SSSR count). The van der Waals surface area contributed by atoms with Gasteiger partial charge in [0.05, 0.1) is 0 Å². The van der Waals surface area contributed by atoms with Gasteiger partial charge in [0.25, 0.3) is 0 Å². The standard InChI is InChI=1S/C12H25NO/c1-3-13-11(2)8-9-14-10-12-6-4-5-7-12/h11-13H,3-10H2,1-2H3. The van der Waals surface area contributed by atoms with Crippen LogP contribution in [0, 0.1) is 5.92 Å². The Morgan fingerprint density at radius 3 is 2.71 bits per heavy atom. The lowest BCUT2D eigenvalue weighted by Gasteiger charge is -2.14. The van der Waals surface area contributed by atoms with Gasteiger partial charge >= 0.3 is 0 Å². The molecule has 1 saturated carbocycles. The predicted molar refractivity (Wildman–Crippen MR) is 60.5 cm³/mol. The van der Waals surface area contributed by atoms with Gasteiger partial charge in [-0.3, -0.25) is 0 Å². The monoisotopic (exact) mass is 199 g/mol. The SMILES string of the molecule is CCNC(C)CCOCC1CCCC1. The second kappa shape index (κ2) is 7.24. The molecule has 14 heavy (non-hydrogen) atoms. The minimum atomic E-state index is 0.601. The van der Waals surface area contributed by atoms with Crippen molar-refractivity contribution >= 4 is 0 Å². The first kappa shape index (κ1) is 12.0. The third kappa shape index (κ3) is 4.97. The molecular formula is C12H25NO. The molecule has 0 aromatic heterocycles. The van der Waals surface area contributed by atoms with Crippen LogP contribution in [0.15, 0.2) is 0 Å². The highest BCUT2D eigenvalue weighted by atomic mass is 16.5. The van der Waals surface area contributed by atoms with Crippen LogP contribution in [-0.4, -0.2) is 25.8 Å². The van der Waals surface area contributed by atoms with Crippen molar-refractivity contribution < 1.29 is 4.74 Å². The Kier molecular flexibility index (Phi) is 6.20. The van der Waals surface area contributed by atoms with E-state index in [4.69, 9.17) is 4.74 Å². The van der Waals surface area contributed by atoms with E-state index in [0.29, 0.717) is 6.04 Å². The van der Waals surface area contributed by atoms with Gasteiger partial charge < -0.3 is 10.1 Å². The van der Waals surface area contributed by atoms with Crippen LogP contribution in [0.1, 0.15) is 46.0 Å². The van der Waals surface area contributed by atoms with E-state index in [1.54, 1.807) is 0 Å². The van der Waals surface area contributed by atoms with E-state index in [1.165, 1.54) is 25.7 Å². The van der Waals surface area contributed by atoms with Crippen LogP contribution in [0.2, 0.25) is 0 Å². The molecule has 1 aliphatic carbocycles. The fraction of sp³-hybridized carbons (Fsp3) is 1.00. The summed E-state index contributed by atoms with van der Waals surface area (Å²) < 4.78 is 5.69. The lowest BCUT2D eigenvalue weighted by molar-refractivity contribution is 0.0946. The zero-order valence-corrected chi connectivity index (χ0v) is 9.72. The Balaban J connectivity index is 1.88. The molecule has 0 radical (unpaired) electrons. The summed E-state index contributed by atoms with van der Waals surface area (Å²) in [4.78, 5) is 0. The van der Waals surface area contributed by atoms with Crippen molar-refractivity contribution in [2.45, 2.75) is 52.0 Å². The molecule has 0 aromatic carbocycles. The number of ether oxygens (including phenoxy) is 1. The Labute approximate surface area is 88.4 Å². The first-order valence-electron chi connectivity index (χ1n) is 6.14. The second-order valence-corrected chi connectivity index (χ2v) is 4.47. The maximum Gasteiger partial charge on any atom is 0.0494 e. The number of nitrogens with one attached hydrogen (secondary N) is 1. The molecule has 1 atom stereocenters. The van der Waals surface area contributed by atoms with Gasteiger partial charge in [-0.15, -0.1) is 0 Å². The summed E-state index contributed by atoms with van der Waals surface area (Å²) in [6, 6.07) is 0.601. The van der Waals surface area contributed by atoms with E-state index in [1.807, 2.05) is 0 Å². The van der Waals surface area contributed by atoms with Crippen molar-refractivity contribution in [3.05, 3.63) is 0 Å². The second-order valence-electron chi connectivity index (χ2n) is 4.47. The molecule has 1 aliphatic rings. The zero-order chi connectivity index (χ0) is 10.2. The van der Waals surface area contributed by atoms with E-state index < -0.39 is 0 Å². The number of hydrogen-bond donors (Lipinski definition) is 1. The summed E-state index contributed by atoms with van der Waals surface area (Å²) in [5.41, 5.74) is 0. The van der Waals surface area contributed by atoms with E-state index in [2.05, 4.69) is 19.2 Å². The van der Waals surface area contributed by atoms with Crippen LogP contribution in [0.4, 0.5) is 0 Å². The Morgan fingerprint density at radius 1 is 1.36 bits per heavy atom. The average Bonchev–Trinajstić information content (AvgIpc) is 2.65. The molecule has 1 unspecified atom stereocenters. The molecule has 0 aliphatic heterocycles. The molecule has 0 aromatic rings. The fourth-order valence-electron chi connectivity index (χ4n) is 2.14. The molecule has 2 nitrogen and oxygen atoms in total. The van der Waals surface area contributed by atoms with Gasteiger partial charge in [0.15, 0.2) is 0 Å². The predicted octanol–water partition coefficient (Wildman–Crippen LogP) is 2.58. The Morgan fingerprint density at radius 2 is 2.07 bits per heavy atom. The molecule has 0 saturated heterocycles. The van der Waals surface area contributed by atoms with Crippen LogP contribution in [0.25, 0.3) is 0 Å². The molecule has 0 bridgehead atoms. The van der Waals surface area contributed by atoms with Crippen LogP contribution in [0.5, 0.6) is 0 Å². The maximum atomic E-state index is 5.69. The third-order valence-electron chi connectivity index (χ3n) is 3.08. The molecule has 1 fully saturated rings. The van der Waals surface area contributed by atoms with Crippen LogP contribution in [0.3, 0.4) is 0 Å². The Bertz CT molecular complexity index is 132. The number of hydrogen-bond acceptors (Lipinski definition) is 2. The molecule has 84 valence electrons. The lowest BCUT2D eigenvalue weighted by atomic mass is 10.1. The van der Waals surface area contributed by atoms with Crippen LogP contribution < -0.4 is 5.32 Å². The van der Waals surface area contributed by atoms with Gasteiger partial charge in [-0.2, -0.15) is 0 Å². The molecule has 1 N–H and O–H groups in total. The highest BCUT2D eigenvalue weighted by molar-refractivity contribution is 4.66. The molecule has 0 spiro atoms. The summed E-state index contributed by atoms with van der Waals surface area (Å²) in [6.45, 7) is 7.35. The van der Waals surface area contributed by atoms with Crippen LogP contribution >= 0.6 is 0 Å². The largest absolute Gasteiger partial charge is 0.381 e. The highest BCUT2D eigenvalue weighted by Gasteiger charge is 2.14. The van der Waals surface area contributed by atoms with Crippen LogP contribution in [-0.2, 0) is 4.74 Å². The molecule has 0 heterocycles. The maximum absolute atomic E-state index is 5.69. The third-order valence-corrected chi connectivity index (χ3v) is 3.08. The average molecular weight is 199 g/mol. The van der Waals surface area contributed by atoms with Crippen molar-refractivity contribution in [2.75, 3.05) is 19.8 Å². The van der Waals surface area contributed by atoms with Crippen molar-refractivity contribution in [1.29, 1.82) is 0 Å². The zero-order valence-electron chi connectivity index (χ0n) is 9.72. The van der Waals surface area contributed by atoms with E-state index in [0.717, 1.165) is 32.1 Å². The van der Waals surface area contributed by atoms with Crippen molar-refractivity contribution in [3.8, 4) is 0 Å². The molecule has 2 heteroatoms. The van der Waals surface area contributed by atoms with Crippen molar-refractivity contribution in [1.82, 2.24) is 5.32 Å². The molecule has 0 amide bonds. The summed E-state index contributed by atoms with van der Waals surface area (Å²) >= 11 is 0. The summed E-state index contributed by atoms with van der Waals surface area (Å²) in [5.74, 6) is 0.865. The van der Waals surface area contributed by atoms with Gasteiger partial charge in [0.2, 0.25) is 0 Å². The Hall–Kier alpha value is -0.0800. The van der Waals surface area contributed by atoms with Crippen molar-refractivity contribution in [3.63, 3.8) is 0 Å². The first-order chi connectivity index (χ1) is 6.83. The quantitative estimate of drug-likeness (QED) is 0.636. The van der Waals surface area contributed by atoms with E-state index in [9.17, 15) is 0 Å². The van der Waals surface area contributed by atoms with E-state index in [-0.39, 0.29) is 0 Å². The summed E-state index contributed by atoms with van der Waals surface area (Å²) in [7, 11) is 0. The topological polar surface area (TPSA) is 21.3 Å².